The zero-order valence-corrected chi connectivity index (χ0v) is 11.0. The van der Waals surface area contributed by atoms with Gasteiger partial charge in [-0.3, -0.25) is 0 Å². The van der Waals surface area contributed by atoms with Crippen molar-refractivity contribution < 1.29 is 5.21 Å². The summed E-state index contributed by atoms with van der Waals surface area (Å²) in [5.41, 5.74) is 5.53. The van der Waals surface area contributed by atoms with Crippen LogP contribution in [0.25, 0.3) is 5.57 Å². The first-order valence-corrected chi connectivity index (χ1v) is 6.37. The van der Waals surface area contributed by atoms with Gasteiger partial charge in [0.1, 0.15) is 0 Å². The number of halogens is 1. The van der Waals surface area contributed by atoms with E-state index in [1.54, 1.807) is 6.07 Å². The largest absolute Gasteiger partial charge is 0.411 e. The molecule has 2 aromatic carbocycles. The van der Waals surface area contributed by atoms with Crippen LogP contribution < -0.4 is 0 Å². The molecular weight excluding hydrogens is 258 g/mol. The fourth-order valence-corrected chi connectivity index (χ4v) is 2.67. The van der Waals surface area contributed by atoms with E-state index >= 15 is 0 Å². The summed E-state index contributed by atoms with van der Waals surface area (Å²) < 4.78 is 0. The average Bonchev–Trinajstić information content (AvgIpc) is 2.55. The molecule has 0 atom stereocenters. The summed E-state index contributed by atoms with van der Waals surface area (Å²) in [5, 5.41) is 13.4. The molecule has 1 aliphatic rings. The van der Waals surface area contributed by atoms with Crippen molar-refractivity contribution in [2.24, 2.45) is 5.16 Å². The second-order valence-corrected chi connectivity index (χ2v) is 4.99. The topological polar surface area (TPSA) is 32.6 Å². The van der Waals surface area contributed by atoms with Crippen LogP contribution in [0.2, 0.25) is 5.02 Å². The van der Waals surface area contributed by atoms with Crippen LogP contribution in [0.5, 0.6) is 0 Å². The lowest BCUT2D eigenvalue weighted by molar-refractivity contribution is 0.318. The number of oxime groups is 1. The SMILES string of the molecule is C=C1c2ccccc2C/C(=N\O)c2ccc(Cl)cc21. The van der Waals surface area contributed by atoms with E-state index in [9.17, 15) is 5.21 Å². The molecule has 0 aliphatic heterocycles. The van der Waals surface area contributed by atoms with E-state index in [2.05, 4.69) is 11.7 Å². The minimum Gasteiger partial charge on any atom is -0.411 e. The van der Waals surface area contributed by atoms with Gasteiger partial charge < -0.3 is 5.21 Å². The fraction of sp³-hybridized carbons (Fsp3) is 0.0625. The highest BCUT2D eigenvalue weighted by molar-refractivity contribution is 6.31. The van der Waals surface area contributed by atoms with Crippen LogP contribution in [0.3, 0.4) is 0 Å². The summed E-state index contributed by atoms with van der Waals surface area (Å²) in [6.45, 7) is 4.17. The van der Waals surface area contributed by atoms with Crippen molar-refractivity contribution in [2.45, 2.75) is 6.42 Å². The van der Waals surface area contributed by atoms with Gasteiger partial charge in [0.05, 0.1) is 5.71 Å². The molecule has 19 heavy (non-hydrogen) atoms. The summed E-state index contributed by atoms with van der Waals surface area (Å²) in [6, 6.07) is 13.6. The summed E-state index contributed by atoms with van der Waals surface area (Å²) in [6.07, 6.45) is 0.584. The maximum atomic E-state index is 9.27. The predicted molar refractivity (Wildman–Crippen MR) is 78.1 cm³/mol. The summed E-state index contributed by atoms with van der Waals surface area (Å²) in [4.78, 5) is 0. The Hall–Kier alpha value is -2.06. The van der Waals surface area contributed by atoms with Gasteiger partial charge in [-0.25, -0.2) is 0 Å². The van der Waals surface area contributed by atoms with Crippen molar-refractivity contribution in [3.63, 3.8) is 0 Å². The molecule has 0 heterocycles. The van der Waals surface area contributed by atoms with Crippen LogP contribution >= 0.6 is 11.6 Å². The van der Waals surface area contributed by atoms with E-state index < -0.39 is 0 Å². The van der Waals surface area contributed by atoms with Crippen LogP contribution in [0, 0.1) is 0 Å². The molecule has 2 nitrogen and oxygen atoms in total. The molecule has 0 amide bonds. The number of hydrogen-bond acceptors (Lipinski definition) is 2. The van der Waals surface area contributed by atoms with Crippen LogP contribution in [0.1, 0.15) is 22.3 Å². The first kappa shape index (κ1) is 12.0. The lowest BCUT2D eigenvalue weighted by atomic mass is 9.95. The molecule has 94 valence electrons. The number of benzene rings is 2. The first-order chi connectivity index (χ1) is 9.20. The summed E-state index contributed by atoms with van der Waals surface area (Å²) in [7, 11) is 0. The smallest absolute Gasteiger partial charge is 0.0917 e. The van der Waals surface area contributed by atoms with E-state index in [0.29, 0.717) is 17.2 Å². The molecule has 0 saturated carbocycles. The molecule has 3 rings (SSSR count). The number of fused-ring (bicyclic) bond motifs is 2. The van der Waals surface area contributed by atoms with Crippen LogP contribution in [0.4, 0.5) is 0 Å². The molecule has 1 aliphatic carbocycles. The molecule has 0 bridgehead atoms. The Morgan fingerprint density at radius 1 is 1.05 bits per heavy atom. The van der Waals surface area contributed by atoms with Crippen LogP contribution in [-0.4, -0.2) is 10.9 Å². The van der Waals surface area contributed by atoms with Gasteiger partial charge in [0, 0.05) is 17.0 Å². The van der Waals surface area contributed by atoms with E-state index in [4.69, 9.17) is 11.6 Å². The molecule has 3 heteroatoms. The number of nitrogens with zero attached hydrogens (tertiary/aromatic N) is 1. The van der Waals surface area contributed by atoms with E-state index in [0.717, 1.165) is 27.8 Å². The fourth-order valence-electron chi connectivity index (χ4n) is 2.50. The van der Waals surface area contributed by atoms with Gasteiger partial charge in [0.15, 0.2) is 0 Å². The Labute approximate surface area is 116 Å². The highest BCUT2D eigenvalue weighted by Crippen LogP contribution is 2.33. The third-order valence-corrected chi connectivity index (χ3v) is 3.67. The Kier molecular flexibility index (Phi) is 2.88. The zero-order chi connectivity index (χ0) is 13.4. The lowest BCUT2D eigenvalue weighted by Gasteiger charge is -2.09. The Morgan fingerprint density at radius 3 is 2.63 bits per heavy atom. The van der Waals surface area contributed by atoms with E-state index in [-0.39, 0.29) is 0 Å². The van der Waals surface area contributed by atoms with E-state index in [1.807, 2.05) is 36.4 Å². The van der Waals surface area contributed by atoms with Crippen molar-refractivity contribution in [2.75, 3.05) is 0 Å². The van der Waals surface area contributed by atoms with Gasteiger partial charge >= 0.3 is 0 Å². The molecule has 2 aromatic rings. The normalized spacial score (nSPS) is 15.8. The Balaban J connectivity index is 2.32. The van der Waals surface area contributed by atoms with Gasteiger partial charge in [0.2, 0.25) is 0 Å². The van der Waals surface area contributed by atoms with Crippen molar-refractivity contribution in [3.05, 3.63) is 76.3 Å². The second kappa shape index (κ2) is 4.56. The van der Waals surface area contributed by atoms with Gasteiger partial charge in [-0.15, -0.1) is 0 Å². The Bertz CT molecular complexity index is 704. The van der Waals surface area contributed by atoms with Gasteiger partial charge in [-0.05, 0) is 34.4 Å². The molecule has 0 unspecified atom stereocenters. The third-order valence-electron chi connectivity index (χ3n) is 3.44. The first-order valence-electron chi connectivity index (χ1n) is 5.99. The zero-order valence-electron chi connectivity index (χ0n) is 10.2. The highest BCUT2D eigenvalue weighted by atomic mass is 35.5. The molecule has 0 spiro atoms. The van der Waals surface area contributed by atoms with Gasteiger partial charge in [0.25, 0.3) is 0 Å². The second-order valence-electron chi connectivity index (χ2n) is 4.55. The predicted octanol–water partition coefficient (Wildman–Crippen LogP) is 4.14. The van der Waals surface area contributed by atoms with Gasteiger partial charge in [-0.2, -0.15) is 0 Å². The summed E-state index contributed by atoms with van der Waals surface area (Å²) >= 11 is 6.07. The van der Waals surface area contributed by atoms with Crippen molar-refractivity contribution in [1.82, 2.24) is 0 Å². The molecule has 0 radical (unpaired) electrons. The molecular formula is C16H12ClNO. The van der Waals surface area contributed by atoms with Crippen molar-refractivity contribution in [3.8, 4) is 0 Å². The molecule has 0 aromatic heterocycles. The number of hydrogen-bond donors (Lipinski definition) is 1. The maximum Gasteiger partial charge on any atom is 0.0917 e. The van der Waals surface area contributed by atoms with Crippen LogP contribution in [0.15, 0.2) is 54.2 Å². The van der Waals surface area contributed by atoms with Crippen LogP contribution in [-0.2, 0) is 6.42 Å². The lowest BCUT2D eigenvalue weighted by Crippen LogP contribution is -2.05. The standard InChI is InChI=1S/C16H12ClNO/c1-10-13-5-3-2-4-11(13)8-16(18-19)14-7-6-12(17)9-15(10)14/h2-7,9,19H,1,8H2/b18-16+. The minimum atomic E-state index is 0.584. The molecule has 1 N–H and O–H groups in total. The number of rotatable bonds is 0. The van der Waals surface area contributed by atoms with E-state index in [1.165, 1.54) is 0 Å². The third kappa shape index (κ3) is 1.94. The maximum absolute atomic E-state index is 9.27. The minimum absolute atomic E-state index is 0.584. The molecule has 0 fully saturated rings. The Morgan fingerprint density at radius 2 is 1.84 bits per heavy atom. The molecule has 0 saturated heterocycles. The van der Waals surface area contributed by atoms with Crippen molar-refractivity contribution in [1.29, 1.82) is 0 Å². The monoisotopic (exact) mass is 269 g/mol. The quantitative estimate of drug-likeness (QED) is 0.566. The van der Waals surface area contributed by atoms with Crippen molar-refractivity contribution >= 4 is 22.9 Å². The highest BCUT2D eigenvalue weighted by Gasteiger charge is 2.21. The van der Waals surface area contributed by atoms with Gasteiger partial charge in [-0.1, -0.05) is 53.7 Å². The summed E-state index contributed by atoms with van der Waals surface area (Å²) in [5.74, 6) is 0. The average molecular weight is 270 g/mol.